The van der Waals surface area contributed by atoms with E-state index in [1.807, 2.05) is 0 Å². The van der Waals surface area contributed by atoms with Gasteiger partial charge in [-0.15, -0.1) is 24.6 Å². The molecule has 0 aromatic rings. The lowest BCUT2D eigenvalue weighted by Crippen LogP contribution is -2.29. The largest absolute Gasteiger partial charge is 0.298 e. The van der Waals surface area contributed by atoms with Gasteiger partial charge >= 0.3 is 0 Å². The second-order valence-electron chi connectivity index (χ2n) is 8.75. The van der Waals surface area contributed by atoms with Crippen molar-refractivity contribution in [2.45, 2.75) is 122 Å². The third-order valence-corrected chi connectivity index (χ3v) is 17.3. The molecule has 0 aliphatic heterocycles. The van der Waals surface area contributed by atoms with Crippen LogP contribution in [0, 0.1) is 0 Å². The van der Waals surface area contributed by atoms with E-state index in [-0.39, 0.29) is 0 Å². The normalized spacial score (nSPS) is 12.6. The van der Waals surface area contributed by atoms with E-state index in [0.29, 0.717) is 0 Å². The molecule has 0 N–H and O–H groups in total. The molecule has 0 unspecified atom stereocenters. The van der Waals surface area contributed by atoms with Gasteiger partial charge in [-0.3, -0.25) is 4.99 Å². The number of hydrogen-bond acceptors (Lipinski definition) is 1. The number of hydrogen-bond donors (Lipinski definition) is 0. The molecular formula is C25H51NSi2. The van der Waals surface area contributed by atoms with Crippen LogP contribution in [0.4, 0.5) is 0 Å². The van der Waals surface area contributed by atoms with Crippen LogP contribution in [0.1, 0.15) is 85.5 Å². The van der Waals surface area contributed by atoms with Crippen molar-refractivity contribution in [3.8, 4) is 0 Å². The maximum absolute atomic E-state index is 4.64. The molecule has 0 saturated carbocycles. The van der Waals surface area contributed by atoms with Crippen LogP contribution in [0.2, 0.25) is 36.3 Å². The van der Waals surface area contributed by atoms with Gasteiger partial charge in [0.2, 0.25) is 0 Å². The molecular weight excluding hydrogens is 370 g/mol. The zero-order chi connectivity index (χ0) is 21.1. The Labute approximate surface area is 180 Å². The highest BCUT2D eigenvalue weighted by molar-refractivity contribution is 6.84. The van der Waals surface area contributed by atoms with Crippen LogP contribution < -0.4 is 0 Å². The van der Waals surface area contributed by atoms with Crippen molar-refractivity contribution < 1.29 is 0 Å². The number of nitrogens with zero attached hydrogens (tertiary/aromatic N) is 1. The Balaban J connectivity index is 3.56. The molecule has 0 aliphatic carbocycles. The molecule has 0 fully saturated rings. The Morgan fingerprint density at radius 2 is 1.04 bits per heavy atom. The molecule has 164 valence electrons. The molecule has 0 spiro atoms. The molecule has 28 heavy (non-hydrogen) atoms. The standard InChI is InChI=1S/C25H51NSi2/c1-7-27(8-2,9-3)24-20-18-16-14-13-15-17-19-22-26-23-21-25-28(10-4,11-5)12-6/h7,10,23H,1,4,8-9,11-22,24-25H2,2-3,5-6H3. The molecule has 0 radical (unpaired) electrons. The van der Waals surface area contributed by atoms with Crippen molar-refractivity contribution in [1.82, 2.24) is 0 Å². The van der Waals surface area contributed by atoms with Gasteiger partial charge in [-0.2, -0.15) is 0 Å². The summed E-state index contributed by atoms with van der Waals surface area (Å²) in [6.07, 6.45) is 14.5. The van der Waals surface area contributed by atoms with Crippen LogP contribution in [0.3, 0.4) is 0 Å². The highest BCUT2D eigenvalue weighted by Gasteiger charge is 2.24. The summed E-state index contributed by atoms with van der Waals surface area (Å²) in [5.74, 6) is 0. The number of aliphatic imine (C=N–C) groups is 1. The van der Waals surface area contributed by atoms with Crippen LogP contribution in [-0.2, 0) is 0 Å². The van der Waals surface area contributed by atoms with Crippen LogP contribution >= 0.6 is 0 Å². The van der Waals surface area contributed by atoms with Crippen LogP contribution in [0.25, 0.3) is 0 Å². The lowest BCUT2D eigenvalue weighted by molar-refractivity contribution is 0.577. The van der Waals surface area contributed by atoms with E-state index in [9.17, 15) is 0 Å². The average Bonchev–Trinajstić information content (AvgIpc) is 2.75. The quantitative estimate of drug-likeness (QED) is 0.106. The minimum atomic E-state index is -1.17. The number of rotatable bonds is 20. The fourth-order valence-electron chi connectivity index (χ4n) is 4.26. The third-order valence-electron chi connectivity index (χ3n) is 7.29. The van der Waals surface area contributed by atoms with Gasteiger partial charge in [0.25, 0.3) is 0 Å². The predicted octanol–water partition coefficient (Wildman–Crippen LogP) is 9.00. The maximum Gasteiger partial charge on any atom is 0.0768 e. The zero-order valence-corrected chi connectivity index (χ0v) is 21.9. The van der Waals surface area contributed by atoms with Crippen molar-refractivity contribution in [2.24, 2.45) is 4.99 Å². The second kappa shape index (κ2) is 17.4. The summed E-state index contributed by atoms with van der Waals surface area (Å²) in [6, 6.07) is 8.21. The van der Waals surface area contributed by atoms with Gasteiger partial charge in [-0.1, -0.05) is 103 Å². The predicted molar refractivity (Wildman–Crippen MR) is 138 cm³/mol. The summed E-state index contributed by atoms with van der Waals surface area (Å²) in [6.45, 7) is 18.7. The third kappa shape index (κ3) is 11.6. The monoisotopic (exact) mass is 421 g/mol. The Bertz CT molecular complexity index is 409. The summed E-state index contributed by atoms with van der Waals surface area (Å²) in [7, 11) is -2.25. The van der Waals surface area contributed by atoms with Crippen molar-refractivity contribution in [2.75, 3.05) is 6.54 Å². The zero-order valence-electron chi connectivity index (χ0n) is 19.9. The lowest BCUT2D eigenvalue weighted by Gasteiger charge is -2.25. The van der Waals surface area contributed by atoms with E-state index in [1.54, 1.807) is 0 Å². The van der Waals surface area contributed by atoms with Gasteiger partial charge in [0.05, 0.1) is 16.1 Å². The minimum absolute atomic E-state index is 1.03. The number of unbranched alkanes of at least 4 members (excludes halogenated alkanes) is 7. The van der Waals surface area contributed by atoms with Crippen LogP contribution in [0.5, 0.6) is 0 Å². The van der Waals surface area contributed by atoms with Gasteiger partial charge < -0.3 is 0 Å². The van der Waals surface area contributed by atoms with Crippen molar-refractivity contribution in [3.05, 3.63) is 24.6 Å². The molecule has 0 rings (SSSR count). The van der Waals surface area contributed by atoms with Crippen LogP contribution in [-0.4, -0.2) is 28.9 Å². The van der Waals surface area contributed by atoms with Crippen molar-refractivity contribution in [1.29, 1.82) is 0 Å². The summed E-state index contributed by atoms with van der Waals surface area (Å²) < 4.78 is 0. The molecule has 0 saturated heterocycles. The van der Waals surface area contributed by atoms with E-state index >= 15 is 0 Å². The Hall–Kier alpha value is -0.416. The Kier molecular flexibility index (Phi) is 17.2. The van der Waals surface area contributed by atoms with Crippen molar-refractivity contribution >= 4 is 22.4 Å². The van der Waals surface area contributed by atoms with Crippen LogP contribution in [0.15, 0.2) is 29.5 Å². The fraction of sp³-hybridized carbons (Fsp3) is 0.800. The summed E-state index contributed by atoms with van der Waals surface area (Å²) in [5.41, 5.74) is 4.65. The highest BCUT2D eigenvalue weighted by Crippen LogP contribution is 2.25. The maximum atomic E-state index is 4.64. The first-order valence-corrected chi connectivity index (χ1v) is 17.7. The SMILES string of the molecule is C=C[Si](CC)(CC)CCC=NCCCCCCCCCC[Si](C=C)(CC)CC. The summed E-state index contributed by atoms with van der Waals surface area (Å²) >= 11 is 0. The Morgan fingerprint density at radius 1 is 0.607 bits per heavy atom. The van der Waals surface area contributed by atoms with E-state index in [4.69, 9.17) is 0 Å². The molecule has 0 bridgehead atoms. The van der Waals surface area contributed by atoms with E-state index in [0.717, 1.165) is 13.0 Å². The van der Waals surface area contributed by atoms with Gasteiger partial charge in [0.15, 0.2) is 0 Å². The van der Waals surface area contributed by atoms with Gasteiger partial charge in [0, 0.05) is 6.54 Å². The molecule has 0 atom stereocenters. The van der Waals surface area contributed by atoms with E-state index in [1.165, 1.54) is 87.6 Å². The first kappa shape index (κ1) is 27.6. The first-order valence-electron chi connectivity index (χ1n) is 12.3. The smallest absolute Gasteiger partial charge is 0.0768 e. The fourth-order valence-corrected chi connectivity index (χ4v) is 9.90. The average molecular weight is 422 g/mol. The van der Waals surface area contributed by atoms with Gasteiger partial charge in [-0.05, 0) is 25.1 Å². The topological polar surface area (TPSA) is 12.4 Å². The summed E-state index contributed by atoms with van der Waals surface area (Å²) in [4.78, 5) is 4.64. The second-order valence-corrected chi connectivity index (χ2v) is 18.8. The minimum Gasteiger partial charge on any atom is -0.298 e. The molecule has 0 aromatic carbocycles. The van der Waals surface area contributed by atoms with Gasteiger partial charge in [0.1, 0.15) is 0 Å². The molecule has 0 aliphatic rings. The van der Waals surface area contributed by atoms with Gasteiger partial charge in [-0.25, -0.2) is 0 Å². The lowest BCUT2D eigenvalue weighted by atomic mass is 10.1. The highest BCUT2D eigenvalue weighted by atomic mass is 28.3. The molecule has 1 nitrogen and oxygen atoms in total. The molecule has 0 heterocycles. The molecule has 3 heteroatoms. The van der Waals surface area contributed by atoms with E-state index < -0.39 is 16.1 Å². The van der Waals surface area contributed by atoms with Crippen molar-refractivity contribution in [3.63, 3.8) is 0 Å². The first-order chi connectivity index (χ1) is 13.6. The molecule has 0 aromatic heterocycles. The van der Waals surface area contributed by atoms with E-state index in [2.05, 4.69) is 63.5 Å². The molecule has 0 amide bonds. The Morgan fingerprint density at radius 3 is 1.50 bits per heavy atom. The summed E-state index contributed by atoms with van der Waals surface area (Å²) in [5, 5.41) is 0.